The Morgan fingerprint density at radius 2 is 0.900 bits per heavy atom. The minimum atomic E-state index is -0.763. The summed E-state index contributed by atoms with van der Waals surface area (Å²) in [4.78, 5) is 75.2. The van der Waals surface area contributed by atoms with Crippen LogP contribution in [0.25, 0.3) is 32.0 Å². The van der Waals surface area contributed by atoms with E-state index < -0.39 is 12.1 Å². The molecule has 2 N–H and O–H groups in total. The van der Waals surface area contributed by atoms with Gasteiger partial charge >= 0.3 is 0 Å². The number of rotatable bonds is 21. The molecule has 0 bridgehead atoms. The Bertz CT molecular complexity index is 2470. The SMILES string of the molecule is CCN(CC)CCC(=O)N[C@H](C(=O)N1CCC[C@H]1c1ncc(-c2ccc(-c3ccc(-c4cnc([C@@H]5CCCN5C(=O)[C@H](NC(=O)CCN(CC)CC)c5ccccc5)s4)cc3)cc2)s1)c1ccccc1. The first kappa shape index (κ1) is 50.3. The molecule has 6 aromatic rings. The molecule has 14 heteroatoms. The second-order valence-corrected chi connectivity index (χ2v) is 20.2. The van der Waals surface area contributed by atoms with E-state index in [2.05, 4.69) is 96.7 Å². The molecule has 2 saturated heterocycles. The monoisotopic (exact) mass is 978 g/mol. The van der Waals surface area contributed by atoms with Crippen molar-refractivity contribution < 1.29 is 19.2 Å². The highest BCUT2D eigenvalue weighted by molar-refractivity contribution is 7.15. The van der Waals surface area contributed by atoms with Crippen LogP contribution in [-0.4, -0.2) is 106 Å². The average Bonchev–Trinajstić information content (AvgIpc) is 4.26. The molecule has 2 fully saturated rings. The molecular formula is C56H66N8O4S2. The molecule has 4 amide bonds. The fraction of sp³-hybridized carbons (Fsp3) is 0.393. The number of carbonyl (C=O) groups is 4. The number of carbonyl (C=O) groups excluding carboxylic acids is 4. The summed E-state index contributed by atoms with van der Waals surface area (Å²) in [6, 6.07) is 34.3. The van der Waals surface area contributed by atoms with E-state index in [-0.39, 0.29) is 35.7 Å². The van der Waals surface area contributed by atoms with Crippen molar-refractivity contribution in [3.8, 4) is 32.0 Å². The number of nitrogens with one attached hydrogen (secondary N) is 2. The maximum atomic E-state index is 14.3. The van der Waals surface area contributed by atoms with Gasteiger partial charge in [-0.2, -0.15) is 0 Å². The molecule has 2 aliphatic rings. The van der Waals surface area contributed by atoms with Gasteiger partial charge in [-0.25, -0.2) is 9.97 Å². The van der Waals surface area contributed by atoms with E-state index >= 15 is 0 Å². The van der Waals surface area contributed by atoms with Gasteiger partial charge in [0.2, 0.25) is 23.6 Å². The van der Waals surface area contributed by atoms with E-state index in [0.29, 0.717) is 39.0 Å². The molecule has 12 nitrogen and oxygen atoms in total. The second-order valence-electron chi connectivity index (χ2n) is 18.0. The highest BCUT2D eigenvalue weighted by atomic mass is 32.1. The predicted octanol–water partition coefficient (Wildman–Crippen LogP) is 10.1. The Hall–Kier alpha value is -6.06. The van der Waals surface area contributed by atoms with Crippen molar-refractivity contribution in [3.63, 3.8) is 0 Å². The second kappa shape index (κ2) is 24.2. The minimum Gasteiger partial charge on any atom is -0.340 e. The number of benzene rings is 4. The molecule has 2 aliphatic heterocycles. The zero-order valence-corrected chi connectivity index (χ0v) is 42.5. The molecule has 8 rings (SSSR count). The molecular weight excluding hydrogens is 913 g/mol. The van der Waals surface area contributed by atoms with Crippen LogP contribution in [0.4, 0.5) is 0 Å². The molecule has 0 radical (unpaired) electrons. The van der Waals surface area contributed by atoms with Crippen LogP contribution in [0, 0.1) is 0 Å². The standard InChI is InChI=1S/C56H66N8O4S2/c1-5-61(6-2)35-31-49(65)59-51(43-17-11-9-12-18-43)55(67)63-33-15-21-45(63)53-57-37-47(69-53)41-27-23-39(24-28-41)40-25-29-42(30-26-40)48-38-58-54(70-48)46-22-16-34-64(46)56(68)52(44-19-13-10-14-20-44)60-50(66)32-36-62(7-3)8-4/h9-14,17-20,23-30,37-38,45-46,51-52H,5-8,15-16,21-22,31-36H2,1-4H3,(H,59,65)(H,60,66)/t45-,46-,51-,52+/m0/s1. The fourth-order valence-corrected chi connectivity index (χ4v) is 11.8. The van der Waals surface area contributed by atoms with E-state index in [9.17, 15) is 19.2 Å². The van der Waals surface area contributed by atoms with Gasteiger partial charge in [-0.05, 0) is 85.2 Å². The number of likely N-dealkylation sites (tertiary alicyclic amines) is 2. The number of amides is 4. The smallest absolute Gasteiger partial charge is 0.250 e. The lowest BCUT2D eigenvalue weighted by molar-refractivity contribution is -0.137. The molecule has 0 saturated carbocycles. The molecule has 0 unspecified atom stereocenters. The summed E-state index contributed by atoms with van der Waals surface area (Å²) in [5.41, 5.74) is 5.87. The summed E-state index contributed by atoms with van der Waals surface area (Å²) in [6.07, 6.45) is 7.87. The van der Waals surface area contributed by atoms with Crippen molar-refractivity contribution in [3.05, 3.63) is 143 Å². The summed E-state index contributed by atoms with van der Waals surface area (Å²) in [6.45, 7) is 14.4. The van der Waals surface area contributed by atoms with Crippen LogP contribution in [0.2, 0.25) is 0 Å². The van der Waals surface area contributed by atoms with Gasteiger partial charge in [-0.3, -0.25) is 19.2 Å². The van der Waals surface area contributed by atoms with Crippen LogP contribution in [0.5, 0.6) is 0 Å². The van der Waals surface area contributed by atoms with Gasteiger partial charge in [0, 0.05) is 51.4 Å². The number of hydrogen-bond acceptors (Lipinski definition) is 10. The summed E-state index contributed by atoms with van der Waals surface area (Å²) in [5, 5.41) is 7.97. The van der Waals surface area contributed by atoms with Gasteiger partial charge in [-0.15, -0.1) is 22.7 Å². The normalized spacial score (nSPS) is 16.7. The number of nitrogens with zero attached hydrogens (tertiary/aromatic N) is 6. The van der Waals surface area contributed by atoms with Crippen molar-refractivity contribution in [2.24, 2.45) is 0 Å². The largest absolute Gasteiger partial charge is 0.340 e. The molecule has 366 valence electrons. The van der Waals surface area contributed by atoms with Gasteiger partial charge in [0.25, 0.3) is 0 Å². The quantitative estimate of drug-likeness (QED) is 0.0729. The first-order chi connectivity index (χ1) is 34.2. The summed E-state index contributed by atoms with van der Waals surface area (Å²) in [5.74, 6) is -0.456. The minimum absolute atomic E-state index is 0.0996. The lowest BCUT2D eigenvalue weighted by Crippen LogP contribution is -2.43. The van der Waals surface area contributed by atoms with Crippen molar-refractivity contribution >= 4 is 46.3 Å². The zero-order chi connectivity index (χ0) is 49.0. The third-order valence-electron chi connectivity index (χ3n) is 13.8. The molecule has 4 heterocycles. The number of thiazole rings is 2. The lowest BCUT2D eigenvalue weighted by atomic mass is 10.0. The van der Waals surface area contributed by atoms with Crippen LogP contribution >= 0.6 is 22.7 Å². The Morgan fingerprint density at radius 1 is 0.543 bits per heavy atom. The van der Waals surface area contributed by atoms with Crippen LogP contribution in [0.1, 0.15) is 112 Å². The maximum absolute atomic E-state index is 14.3. The highest BCUT2D eigenvalue weighted by Crippen LogP contribution is 2.41. The number of hydrogen-bond donors (Lipinski definition) is 2. The number of aromatic nitrogens is 2. The Morgan fingerprint density at radius 3 is 1.26 bits per heavy atom. The van der Waals surface area contributed by atoms with E-state index in [1.165, 1.54) is 0 Å². The van der Waals surface area contributed by atoms with Crippen molar-refractivity contribution in [2.45, 2.75) is 90.4 Å². The van der Waals surface area contributed by atoms with Crippen LogP contribution in [0.15, 0.2) is 122 Å². The Balaban J connectivity index is 0.905. The predicted molar refractivity (Wildman–Crippen MR) is 281 cm³/mol. The van der Waals surface area contributed by atoms with Crippen molar-refractivity contribution in [1.29, 1.82) is 0 Å². The molecule has 4 aromatic carbocycles. The fourth-order valence-electron chi connectivity index (χ4n) is 9.64. The summed E-state index contributed by atoms with van der Waals surface area (Å²) >= 11 is 3.24. The van der Waals surface area contributed by atoms with Crippen LogP contribution in [-0.2, 0) is 19.2 Å². The molecule has 2 aromatic heterocycles. The zero-order valence-electron chi connectivity index (χ0n) is 40.9. The molecule has 70 heavy (non-hydrogen) atoms. The molecule has 0 spiro atoms. The third-order valence-corrected chi connectivity index (χ3v) is 16.1. The van der Waals surface area contributed by atoms with E-state index in [1.54, 1.807) is 22.7 Å². The van der Waals surface area contributed by atoms with Gasteiger partial charge in [0.15, 0.2) is 0 Å². The molecule has 0 aliphatic carbocycles. The first-order valence-corrected chi connectivity index (χ1v) is 26.7. The van der Waals surface area contributed by atoms with Gasteiger partial charge in [0.1, 0.15) is 22.1 Å². The topological polar surface area (TPSA) is 131 Å². The first-order valence-electron chi connectivity index (χ1n) is 25.0. The van der Waals surface area contributed by atoms with E-state index in [1.807, 2.05) is 82.9 Å². The maximum Gasteiger partial charge on any atom is 0.250 e. The van der Waals surface area contributed by atoms with Crippen LogP contribution in [0.3, 0.4) is 0 Å². The van der Waals surface area contributed by atoms with Crippen molar-refractivity contribution in [1.82, 2.24) is 40.2 Å². The van der Waals surface area contributed by atoms with Crippen molar-refractivity contribution in [2.75, 3.05) is 52.4 Å². The third kappa shape index (κ3) is 12.1. The van der Waals surface area contributed by atoms with Crippen LogP contribution < -0.4 is 10.6 Å². The Kier molecular flexibility index (Phi) is 17.4. The van der Waals surface area contributed by atoms with Gasteiger partial charge < -0.3 is 30.2 Å². The van der Waals surface area contributed by atoms with E-state index in [4.69, 9.17) is 9.97 Å². The van der Waals surface area contributed by atoms with Gasteiger partial charge in [0.05, 0.1) is 21.8 Å². The highest BCUT2D eigenvalue weighted by Gasteiger charge is 2.38. The Labute approximate surface area is 421 Å². The van der Waals surface area contributed by atoms with Gasteiger partial charge in [-0.1, -0.05) is 137 Å². The average molecular weight is 979 g/mol. The summed E-state index contributed by atoms with van der Waals surface area (Å²) in [7, 11) is 0. The van der Waals surface area contributed by atoms with E-state index in [0.717, 1.165) is 105 Å². The molecule has 4 atom stereocenters. The lowest BCUT2D eigenvalue weighted by Gasteiger charge is -2.29. The summed E-state index contributed by atoms with van der Waals surface area (Å²) < 4.78 is 0.